The van der Waals surface area contributed by atoms with Gasteiger partial charge in [0.25, 0.3) is 11.5 Å². The van der Waals surface area contributed by atoms with Gasteiger partial charge in [0.2, 0.25) is 11.7 Å². The maximum Gasteiger partial charge on any atom is 0.326 e. The van der Waals surface area contributed by atoms with E-state index in [1.54, 1.807) is 0 Å². The van der Waals surface area contributed by atoms with Gasteiger partial charge in [-0.2, -0.15) is 0 Å². The molecule has 0 aliphatic heterocycles. The zero-order valence-electron chi connectivity index (χ0n) is 17.7. The van der Waals surface area contributed by atoms with E-state index in [9.17, 15) is 24.3 Å². The highest BCUT2D eigenvalue weighted by Gasteiger charge is 2.33. The summed E-state index contributed by atoms with van der Waals surface area (Å²) in [5.41, 5.74) is -1.01. The Bertz CT molecular complexity index is 1090. The normalized spacial score (nSPS) is 25.2. The summed E-state index contributed by atoms with van der Waals surface area (Å²) in [6.07, 6.45) is 5.74. The van der Waals surface area contributed by atoms with Crippen molar-refractivity contribution in [2.75, 3.05) is 0 Å². The minimum atomic E-state index is -1.02. The Morgan fingerprint density at radius 3 is 2.28 bits per heavy atom. The van der Waals surface area contributed by atoms with Gasteiger partial charge in [-0.15, -0.1) is 0 Å². The first-order chi connectivity index (χ1) is 15.4. The van der Waals surface area contributed by atoms with Crippen molar-refractivity contribution in [2.24, 2.45) is 5.92 Å². The molecule has 0 saturated heterocycles. The first kappa shape index (κ1) is 21.9. The second-order valence-electron chi connectivity index (χ2n) is 8.78. The van der Waals surface area contributed by atoms with Gasteiger partial charge in [0, 0.05) is 18.0 Å². The highest BCUT2D eigenvalue weighted by Crippen LogP contribution is 2.33. The molecule has 2 aliphatic rings. The molecule has 4 rings (SSSR count). The minimum absolute atomic E-state index is 0.0114. The molecule has 0 unspecified atom stereocenters. The first-order valence-corrected chi connectivity index (χ1v) is 11.1. The Kier molecular flexibility index (Phi) is 6.43. The van der Waals surface area contributed by atoms with Crippen LogP contribution in [0.5, 0.6) is 5.75 Å². The Morgan fingerprint density at radius 2 is 1.56 bits per heavy atom. The molecular weight excluding hydrogens is 412 g/mol. The van der Waals surface area contributed by atoms with E-state index in [1.165, 1.54) is 5.56 Å². The average molecular weight is 441 g/mol. The zero-order chi connectivity index (χ0) is 22.7. The summed E-state index contributed by atoms with van der Waals surface area (Å²) >= 11 is 0. The molecule has 5 N–H and O–H groups in total. The summed E-state index contributed by atoms with van der Waals surface area (Å²) in [6.45, 7) is 0. The van der Waals surface area contributed by atoms with Gasteiger partial charge >= 0.3 is 5.69 Å². The fraction of sp³-hybridized carbons (Fsp3) is 0.478. The SMILES string of the molecule is O=C(N[C@@H]1CC[C@@H](C(=O)N[C@H]2CC[C@@H](c3ccccc3)CC2)C1)c1[nH]c(=O)[nH]c(=O)c1O. The van der Waals surface area contributed by atoms with Crippen LogP contribution in [0, 0.1) is 5.92 Å². The van der Waals surface area contributed by atoms with Crippen LogP contribution in [0.15, 0.2) is 39.9 Å². The molecule has 1 aromatic heterocycles. The summed E-state index contributed by atoms with van der Waals surface area (Å²) < 4.78 is 0. The highest BCUT2D eigenvalue weighted by molar-refractivity contribution is 5.94. The van der Waals surface area contributed by atoms with E-state index in [4.69, 9.17) is 0 Å². The van der Waals surface area contributed by atoms with Crippen LogP contribution in [0.4, 0.5) is 0 Å². The molecule has 2 aromatic rings. The lowest BCUT2D eigenvalue weighted by Gasteiger charge is -2.30. The predicted octanol–water partition coefficient (Wildman–Crippen LogP) is 1.51. The number of aromatic nitrogens is 2. The summed E-state index contributed by atoms with van der Waals surface area (Å²) in [5.74, 6) is -1.21. The smallest absolute Gasteiger partial charge is 0.326 e. The van der Waals surface area contributed by atoms with E-state index < -0.39 is 28.6 Å². The van der Waals surface area contributed by atoms with Crippen LogP contribution in [-0.4, -0.2) is 39.0 Å². The lowest BCUT2D eigenvalue weighted by atomic mass is 9.81. The van der Waals surface area contributed by atoms with Crippen LogP contribution in [0.25, 0.3) is 0 Å². The highest BCUT2D eigenvalue weighted by atomic mass is 16.3. The lowest BCUT2D eigenvalue weighted by molar-refractivity contribution is -0.125. The third-order valence-electron chi connectivity index (χ3n) is 6.63. The Hall–Kier alpha value is -3.36. The van der Waals surface area contributed by atoms with Crippen molar-refractivity contribution in [1.82, 2.24) is 20.6 Å². The van der Waals surface area contributed by atoms with E-state index >= 15 is 0 Å². The summed E-state index contributed by atoms with van der Waals surface area (Å²) in [5, 5.41) is 15.6. The lowest BCUT2D eigenvalue weighted by Crippen LogP contribution is -2.41. The van der Waals surface area contributed by atoms with Crippen LogP contribution in [-0.2, 0) is 4.79 Å². The third kappa shape index (κ3) is 4.92. The molecule has 2 fully saturated rings. The van der Waals surface area contributed by atoms with Gasteiger partial charge in [-0.1, -0.05) is 30.3 Å². The molecule has 2 saturated carbocycles. The van der Waals surface area contributed by atoms with Gasteiger partial charge in [-0.3, -0.25) is 24.4 Å². The van der Waals surface area contributed by atoms with Gasteiger partial charge in [0.05, 0.1) is 0 Å². The molecule has 1 aromatic carbocycles. The molecule has 170 valence electrons. The van der Waals surface area contributed by atoms with E-state index in [-0.39, 0.29) is 23.9 Å². The largest absolute Gasteiger partial charge is 0.501 e. The van der Waals surface area contributed by atoms with Crippen LogP contribution in [0.1, 0.15) is 66.9 Å². The average Bonchev–Trinajstić information content (AvgIpc) is 3.26. The Balaban J connectivity index is 1.26. The molecule has 0 bridgehead atoms. The van der Waals surface area contributed by atoms with Crippen molar-refractivity contribution in [2.45, 2.75) is 62.9 Å². The zero-order valence-corrected chi connectivity index (χ0v) is 17.7. The molecule has 1 heterocycles. The number of hydrogen-bond donors (Lipinski definition) is 5. The number of nitrogens with one attached hydrogen (secondary N) is 4. The Morgan fingerprint density at radius 1 is 0.875 bits per heavy atom. The number of carbonyl (C=O) groups excluding carboxylic acids is 2. The summed E-state index contributed by atoms with van der Waals surface area (Å²) in [4.78, 5) is 52.0. The van der Waals surface area contributed by atoms with Gasteiger partial charge in [-0.25, -0.2) is 4.79 Å². The second-order valence-corrected chi connectivity index (χ2v) is 8.78. The van der Waals surface area contributed by atoms with E-state index in [1.807, 2.05) is 11.1 Å². The van der Waals surface area contributed by atoms with Gasteiger partial charge < -0.3 is 15.7 Å². The molecule has 0 radical (unpaired) electrons. The number of aromatic hydroxyl groups is 1. The van der Waals surface area contributed by atoms with Crippen molar-refractivity contribution < 1.29 is 14.7 Å². The van der Waals surface area contributed by atoms with E-state index in [0.29, 0.717) is 25.2 Å². The maximum absolute atomic E-state index is 12.8. The van der Waals surface area contributed by atoms with Gasteiger partial charge in [-0.05, 0) is 56.4 Å². The van der Waals surface area contributed by atoms with E-state index in [2.05, 4.69) is 39.9 Å². The van der Waals surface area contributed by atoms with Gasteiger partial charge in [0.1, 0.15) is 0 Å². The summed E-state index contributed by atoms with van der Waals surface area (Å²) in [7, 11) is 0. The van der Waals surface area contributed by atoms with Crippen molar-refractivity contribution in [3.8, 4) is 5.75 Å². The predicted molar refractivity (Wildman–Crippen MR) is 118 cm³/mol. The fourth-order valence-corrected chi connectivity index (χ4v) is 4.87. The number of benzene rings is 1. The molecule has 32 heavy (non-hydrogen) atoms. The minimum Gasteiger partial charge on any atom is -0.501 e. The van der Waals surface area contributed by atoms with Crippen LogP contribution >= 0.6 is 0 Å². The summed E-state index contributed by atoms with van der Waals surface area (Å²) in [6, 6.07) is 10.4. The number of H-pyrrole nitrogens is 2. The number of hydrogen-bond acceptors (Lipinski definition) is 5. The standard InChI is InChI=1S/C23H28N4O5/c28-19-18(26-23(32)27-22(19)31)21(30)25-17-11-8-15(12-17)20(29)24-16-9-6-14(7-10-16)13-4-2-1-3-5-13/h1-5,14-17,28H,6-12H2,(H,24,29)(H,25,30)(H2,26,27,31,32)/t14-,15-,16+,17-/m1/s1. The number of carbonyl (C=O) groups is 2. The Labute approximate surface area is 184 Å². The monoisotopic (exact) mass is 440 g/mol. The number of rotatable bonds is 5. The van der Waals surface area contributed by atoms with Crippen molar-refractivity contribution in [1.29, 1.82) is 0 Å². The van der Waals surface area contributed by atoms with Crippen LogP contribution in [0.2, 0.25) is 0 Å². The third-order valence-corrected chi connectivity index (χ3v) is 6.63. The molecule has 2 amide bonds. The van der Waals surface area contributed by atoms with Crippen molar-refractivity contribution in [3.63, 3.8) is 0 Å². The molecule has 2 aliphatic carbocycles. The molecule has 9 heteroatoms. The van der Waals surface area contributed by atoms with Crippen molar-refractivity contribution >= 4 is 11.8 Å². The fourth-order valence-electron chi connectivity index (χ4n) is 4.87. The number of aromatic amines is 2. The molecular formula is C23H28N4O5. The van der Waals surface area contributed by atoms with Gasteiger partial charge in [0.15, 0.2) is 5.69 Å². The molecule has 0 spiro atoms. The molecule has 2 atom stereocenters. The topological polar surface area (TPSA) is 144 Å². The maximum atomic E-state index is 12.8. The quantitative estimate of drug-likeness (QED) is 0.479. The van der Waals surface area contributed by atoms with Crippen LogP contribution in [0.3, 0.4) is 0 Å². The molecule has 9 nitrogen and oxygen atoms in total. The van der Waals surface area contributed by atoms with E-state index in [0.717, 1.165) is 25.7 Å². The first-order valence-electron chi connectivity index (χ1n) is 11.1. The van der Waals surface area contributed by atoms with Crippen LogP contribution < -0.4 is 21.9 Å². The second kappa shape index (κ2) is 9.42. The number of amides is 2. The van der Waals surface area contributed by atoms with Crippen molar-refractivity contribution in [3.05, 3.63) is 62.4 Å².